The number of amides is 2. The van der Waals surface area contributed by atoms with Crippen molar-refractivity contribution in [3.63, 3.8) is 0 Å². The normalized spacial score (nSPS) is 21.5. The van der Waals surface area contributed by atoms with Crippen LogP contribution in [-0.2, 0) is 21.4 Å². The lowest BCUT2D eigenvalue weighted by atomic mass is 9.84. The van der Waals surface area contributed by atoms with Gasteiger partial charge < -0.3 is 25.2 Å². The van der Waals surface area contributed by atoms with Crippen LogP contribution in [0, 0.1) is 23.2 Å². The van der Waals surface area contributed by atoms with Crippen molar-refractivity contribution >= 4 is 23.5 Å². The molecule has 1 spiro atoms. The Morgan fingerprint density at radius 2 is 2.06 bits per heavy atom. The fourth-order valence-corrected chi connectivity index (χ4v) is 5.50. The lowest BCUT2D eigenvalue weighted by molar-refractivity contribution is -0.137. The van der Waals surface area contributed by atoms with Gasteiger partial charge in [0.2, 0.25) is 5.91 Å². The Balaban J connectivity index is 1.64. The number of ether oxygens (including phenoxy) is 2. The molecule has 0 radical (unpaired) electrons. The molecular formula is C27H29N3O6. The molecule has 1 aliphatic heterocycles. The van der Waals surface area contributed by atoms with Gasteiger partial charge in [0.15, 0.2) is 0 Å². The Hall–Kier alpha value is -4.06. The predicted molar refractivity (Wildman–Crippen MR) is 131 cm³/mol. The minimum absolute atomic E-state index is 0.000641. The van der Waals surface area contributed by atoms with Crippen LogP contribution in [0.2, 0.25) is 0 Å². The number of benzene rings is 2. The van der Waals surface area contributed by atoms with Crippen molar-refractivity contribution in [2.75, 3.05) is 26.1 Å². The maximum absolute atomic E-state index is 13.6. The highest BCUT2D eigenvalue weighted by molar-refractivity contribution is 5.99. The van der Waals surface area contributed by atoms with Crippen LogP contribution in [0.4, 0.5) is 5.69 Å². The van der Waals surface area contributed by atoms with Gasteiger partial charge in [-0.05, 0) is 48.9 Å². The van der Waals surface area contributed by atoms with Crippen LogP contribution >= 0.6 is 0 Å². The van der Waals surface area contributed by atoms with Gasteiger partial charge in [-0.2, -0.15) is 5.26 Å². The minimum atomic E-state index is -0.881. The summed E-state index contributed by atoms with van der Waals surface area (Å²) in [6.07, 6.45) is 1.53. The standard InChI is InChI=1S/C27H29N3O6/c1-15-24(26(34)30-20-11-16(14-28)7-8-17(20)5-4-6-23(31)32)27(15)9-10-36-22-13-21(35-3)18(12-19(22)27)25(33)29-2/h7-8,11-13,15,24H,4-6,9-10H2,1-3H3,(H,29,33)(H,30,34)(H,31,32)/t15?,24?,27-/m0/s1. The van der Waals surface area contributed by atoms with Crippen LogP contribution in [0.3, 0.4) is 0 Å². The first-order valence-electron chi connectivity index (χ1n) is 11.9. The van der Waals surface area contributed by atoms with Gasteiger partial charge in [-0.25, -0.2) is 0 Å². The Labute approximate surface area is 209 Å². The number of carbonyl (C=O) groups is 3. The van der Waals surface area contributed by atoms with Gasteiger partial charge in [-0.1, -0.05) is 13.0 Å². The van der Waals surface area contributed by atoms with Crippen LogP contribution in [0.1, 0.15) is 53.2 Å². The SMILES string of the molecule is CNC(=O)c1cc2c(cc1OC)OCC[C@]21C(C)C1C(=O)Nc1cc(C#N)ccc1CCCC(=O)O. The molecule has 3 atom stereocenters. The highest BCUT2D eigenvalue weighted by atomic mass is 16.5. The smallest absolute Gasteiger partial charge is 0.303 e. The molecule has 9 nitrogen and oxygen atoms in total. The van der Waals surface area contributed by atoms with Crippen molar-refractivity contribution in [2.24, 2.45) is 11.8 Å². The maximum atomic E-state index is 13.6. The zero-order valence-electron chi connectivity index (χ0n) is 20.5. The van der Waals surface area contributed by atoms with E-state index in [1.54, 1.807) is 37.4 Å². The second kappa shape index (κ2) is 9.90. The molecule has 2 aromatic rings. The van der Waals surface area contributed by atoms with Gasteiger partial charge in [0.1, 0.15) is 11.5 Å². The number of anilines is 1. The summed E-state index contributed by atoms with van der Waals surface area (Å²) >= 11 is 0. The third-order valence-corrected chi connectivity index (χ3v) is 7.42. The average Bonchev–Trinajstić information content (AvgIpc) is 3.46. The van der Waals surface area contributed by atoms with Crippen LogP contribution in [-0.4, -0.2) is 43.7 Å². The van der Waals surface area contributed by atoms with E-state index in [0.29, 0.717) is 54.2 Å². The highest BCUT2D eigenvalue weighted by Gasteiger charge is 2.67. The second-order valence-electron chi connectivity index (χ2n) is 9.25. The molecule has 0 bridgehead atoms. The van der Waals surface area contributed by atoms with E-state index in [1.807, 2.05) is 6.92 Å². The lowest BCUT2D eigenvalue weighted by Crippen LogP contribution is -2.28. The monoisotopic (exact) mass is 491 g/mol. The second-order valence-corrected chi connectivity index (χ2v) is 9.25. The molecule has 2 amide bonds. The highest BCUT2D eigenvalue weighted by Crippen LogP contribution is 2.66. The van der Waals surface area contributed by atoms with Crippen molar-refractivity contribution in [3.05, 3.63) is 52.6 Å². The Kier molecular flexibility index (Phi) is 6.88. The number of methoxy groups -OCH3 is 1. The van der Waals surface area contributed by atoms with Gasteiger partial charge in [0.25, 0.3) is 5.91 Å². The Morgan fingerprint density at radius 3 is 2.72 bits per heavy atom. The zero-order chi connectivity index (χ0) is 26.0. The van der Waals surface area contributed by atoms with E-state index in [9.17, 15) is 19.6 Å². The van der Waals surface area contributed by atoms with Crippen molar-refractivity contribution in [2.45, 2.75) is 38.0 Å². The number of carbonyl (C=O) groups excluding carboxylic acids is 2. The summed E-state index contributed by atoms with van der Waals surface area (Å²) in [4.78, 5) is 37.0. The van der Waals surface area contributed by atoms with Crippen molar-refractivity contribution in [1.29, 1.82) is 5.26 Å². The summed E-state index contributed by atoms with van der Waals surface area (Å²) in [5.41, 5.74) is 2.42. The number of nitrogens with one attached hydrogen (secondary N) is 2. The summed E-state index contributed by atoms with van der Waals surface area (Å²) in [6.45, 7) is 2.45. The summed E-state index contributed by atoms with van der Waals surface area (Å²) in [6, 6.07) is 10.6. The van der Waals surface area contributed by atoms with E-state index in [2.05, 4.69) is 16.7 Å². The fraction of sp³-hybridized carbons (Fsp3) is 0.407. The van der Waals surface area contributed by atoms with E-state index in [0.717, 1.165) is 11.1 Å². The lowest BCUT2D eigenvalue weighted by Gasteiger charge is -2.29. The number of aryl methyl sites for hydroxylation is 1. The largest absolute Gasteiger partial charge is 0.496 e. The van der Waals surface area contributed by atoms with E-state index >= 15 is 0 Å². The number of aliphatic carboxylic acids is 1. The number of hydrogen-bond donors (Lipinski definition) is 3. The van der Waals surface area contributed by atoms with Crippen molar-refractivity contribution in [3.8, 4) is 17.6 Å². The van der Waals surface area contributed by atoms with Gasteiger partial charge >= 0.3 is 5.97 Å². The van der Waals surface area contributed by atoms with Gasteiger partial charge in [-0.15, -0.1) is 0 Å². The van der Waals surface area contributed by atoms with Crippen LogP contribution in [0.15, 0.2) is 30.3 Å². The Morgan fingerprint density at radius 1 is 1.28 bits per heavy atom. The van der Waals surface area contributed by atoms with E-state index in [4.69, 9.17) is 14.6 Å². The quantitative estimate of drug-likeness (QED) is 0.515. The van der Waals surface area contributed by atoms with Gasteiger partial charge in [0, 0.05) is 36.2 Å². The summed E-state index contributed by atoms with van der Waals surface area (Å²) in [7, 11) is 3.04. The number of carboxylic acid groups (broad SMARTS) is 1. The molecule has 0 saturated heterocycles. The van der Waals surface area contributed by atoms with Crippen LogP contribution in [0.25, 0.3) is 0 Å². The molecule has 2 aromatic carbocycles. The first-order valence-corrected chi connectivity index (χ1v) is 11.9. The first-order chi connectivity index (χ1) is 17.3. The molecule has 36 heavy (non-hydrogen) atoms. The van der Waals surface area contributed by atoms with E-state index in [1.165, 1.54) is 7.11 Å². The molecule has 9 heteroatoms. The zero-order valence-corrected chi connectivity index (χ0v) is 20.5. The number of fused-ring (bicyclic) bond motifs is 2. The number of carboxylic acids is 1. The predicted octanol–water partition coefficient (Wildman–Crippen LogP) is 3.26. The number of nitriles is 1. The van der Waals surface area contributed by atoms with E-state index < -0.39 is 11.4 Å². The van der Waals surface area contributed by atoms with Crippen molar-refractivity contribution in [1.82, 2.24) is 5.32 Å². The average molecular weight is 492 g/mol. The molecule has 1 saturated carbocycles. The van der Waals surface area contributed by atoms with Crippen molar-refractivity contribution < 1.29 is 29.0 Å². The van der Waals surface area contributed by atoms with Gasteiger partial charge in [0.05, 0.1) is 36.8 Å². The number of rotatable bonds is 8. The Bertz CT molecular complexity index is 1270. The topological polar surface area (TPSA) is 138 Å². The van der Waals surface area contributed by atoms with Gasteiger partial charge in [-0.3, -0.25) is 14.4 Å². The van der Waals surface area contributed by atoms with Crippen LogP contribution in [0.5, 0.6) is 11.5 Å². The molecule has 1 fully saturated rings. The molecule has 188 valence electrons. The van der Waals surface area contributed by atoms with Crippen LogP contribution < -0.4 is 20.1 Å². The number of hydrogen-bond acceptors (Lipinski definition) is 6. The molecular weight excluding hydrogens is 462 g/mol. The number of nitrogens with zero attached hydrogens (tertiary/aromatic N) is 1. The molecule has 0 aromatic heterocycles. The fourth-order valence-electron chi connectivity index (χ4n) is 5.50. The third-order valence-electron chi connectivity index (χ3n) is 7.42. The third kappa shape index (κ3) is 4.35. The maximum Gasteiger partial charge on any atom is 0.303 e. The molecule has 1 heterocycles. The molecule has 4 rings (SSSR count). The summed E-state index contributed by atoms with van der Waals surface area (Å²) in [5, 5.41) is 23.9. The summed E-state index contributed by atoms with van der Waals surface area (Å²) < 4.78 is 11.3. The molecule has 1 aliphatic carbocycles. The first kappa shape index (κ1) is 25.0. The summed E-state index contributed by atoms with van der Waals surface area (Å²) in [5.74, 6) is -0.697. The molecule has 3 N–H and O–H groups in total. The molecule has 2 aliphatic rings. The minimum Gasteiger partial charge on any atom is -0.496 e. The van der Waals surface area contributed by atoms with E-state index in [-0.39, 0.29) is 30.1 Å². The molecule has 2 unspecified atom stereocenters.